The zero-order chi connectivity index (χ0) is 20.4. The van der Waals surface area contributed by atoms with Gasteiger partial charge in [0, 0.05) is 18.7 Å². The summed E-state index contributed by atoms with van der Waals surface area (Å²) in [7, 11) is 1.59. The van der Waals surface area contributed by atoms with Crippen molar-refractivity contribution in [1.82, 2.24) is 5.32 Å². The molecule has 0 radical (unpaired) electrons. The number of carbonyl (C=O) groups is 3. The van der Waals surface area contributed by atoms with Crippen LogP contribution >= 0.6 is 0 Å². The summed E-state index contributed by atoms with van der Waals surface area (Å²) in [5, 5.41) is 2.99. The van der Waals surface area contributed by atoms with Gasteiger partial charge in [0.1, 0.15) is 0 Å². The summed E-state index contributed by atoms with van der Waals surface area (Å²) < 4.78 is 5.76. The molecule has 2 aliphatic rings. The van der Waals surface area contributed by atoms with E-state index < -0.39 is 23.4 Å². The Hall–Kier alpha value is -3.15. The van der Waals surface area contributed by atoms with E-state index in [1.807, 2.05) is 0 Å². The van der Waals surface area contributed by atoms with Gasteiger partial charge >= 0.3 is 5.97 Å². The molecule has 1 fully saturated rings. The number of hydrogen-bond donors (Lipinski definition) is 1. The number of nitrogens with zero attached hydrogens (tertiary/aromatic N) is 1. The molecule has 0 saturated heterocycles. The summed E-state index contributed by atoms with van der Waals surface area (Å²) in [5.41, 5.74) is -0.769. The maximum atomic E-state index is 13.5. The number of hydrogen-bond acceptors (Lipinski definition) is 4. The fraction of sp³-hybridized carbons (Fsp3) is 0.348. The number of anilines is 1. The molecular weight excluding hydrogens is 368 g/mol. The second kappa shape index (κ2) is 7.70. The molecule has 1 aliphatic carbocycles. The second-order valence-electron chi connectivity index (χ2n) is 7.63. The molecule has 0 aromatic heterocycles. The van der Waals surface area contributed by atoms with E-state index in [1.54, 1.807) is 61.6 Å². The lowest BCUT2D eigenvalue weighted by Crippen LogP contribution is -2.55. The largest absolute Gasteiger partial charge is 0.430 e. The minimum atomic E-state index is -2.02. The standard InChI is InChI=1S/C23H24N2O4/c1-25-19-15-9-8-14-18(19)23(22(25)28,21(27)24-17-12-6-3-7-13-17)29-20(26)16-10-4-2-5-11-16/h2,4-5,8-11,14-15,17H,3,6-7,12-13H2,1H3,(H,24,27). The van der Waals surface area contributed by atoms with Crippen LogP contribution in [0.2, 0.25) is 0 Å². The highest BCUT2D eigenvalue weighted by Gasteiger charge is 2.59. The Morgan fingerprint density at radius 1 is 1.00 bits per heavy atom. The Bertz CT molecular complexity index is 937. The molecule has 2 aromatic carbocycles. The molecule has 2 amide bonds. The van der Waals surface area contributed by atoms with Crippen molar-refractivity contribution in [3.63, 3.8) is 0 Å². The molecule has 2 aromatic rings. The second-order valence-corrected chi connectivity index (χ2v) is 7.63. The average molecular weight is 392 g/mol. The van der Waals surface area contributed by atoms with Crippen LogP contribution in [-0.2, 0) is 19.9 Å². The molecule has 1 unspecified atom stereocenters. The fourth-order valence-electron chi connectivity index (χ4n) is 4.20. The third-order valence-corrected chi connectivity index (χ3v) is 5.77. The normalized spacial score (nSPS) is 21.6. The van der Waals surface area contributed by atoms with Crippen molar-refractivity contribution in [1.29, 1.82) is 0 Å². The minimum Gasteiger partial charge on any atom is -0.430 e. The molecule has 1 aliphatic heterocycles. The van der Waals surface area contributed by atoms with E-state index in [0.717, 1.165) is 32.1 Å². The van der Waals surface area contributed by atoms with Crippen molar-refractivity contribution in [2.45, 2.75) is 43.7 Å². The van der Waals surface area contributed by atoms with E-state index in [9.17, 15) is 14.4 Å². The van der Waals surface area contributed by atoms with Gasteiger partial charge in [-0.2, -0.15) is 0 Å². The predicted octanol–water partition coefficient (Wildman–Crippen LogP) is 3.16. The maximum Gasteiger partial charge on any atom is 0.340 e. The van der Waals surface area contributed by atoms with Crippen molar-refractivity contribution < 1.29 is 19.1 Å². The van der Waals surface area contributed by atoms with Crippen LogP contribution < -0.4 is 10.2 Å². The SMILES string of the molecule is CN1C(=O)C(OC(=O)c2ccccc2)(C(=O)NC2CCCCC2)c2ccccc21. The molecule has 6 heteroatoms. The van der Waals surface area contributed by atoms with Crippen molar-refractivity contribution in [3.05, 3.63) is 65.7 Å². The minimum absolute atomic E-state index is 0.0191. The fourth-order valence-corrected chi connectivity index (χ4v) is 4.20. The van der Waals surface area contributed by atoms with Gasteiger partial charge in [-0.3, -0.25) is 9.59 Å². The van der Waals surface area contributed by atoms with Crippen LogP contribution in [0.5, 0.6) is 0 Å². The number of benzene rings is 2. The van der Waals surface area contributed by atoms with Gasteiger partial charge in [-0.1, -0.05) is 55.7 Å². The quantitative estimate of drug-likeness (QED) is 0.641. The van der Waals surface area contributed by atoms with Gasteiger partial charge in [0.25, 0.3) is 17.4 Å². The van der Waals surface area contributed by atoms with Crippen LogP contribution in [0.15, 0.2) is 54.6 Å². The van der Waals surface area contributed by atoms with Gasteiger partial charge in [-0.15, -0.1) is 0 Å². The summed E-state index contributed by atoms with van der Waals surface area (Å²) in [5.74, 6) is -1.84. The zero-order valence-corrected chi connectivity index (χ0v) is 16.4. The van der Waals surface area contributed by atoms with Crippen molar-refractivity contribution in [2.24, 2.45) is 0 Å². The first-order chi connectivity index (χ1) is 14.0. The van der Waals surface area contributed by atoms with Crippen LogP contribution in [0, 0.1) is 0 Å². The number of para-hydroxylation sites is 1. The van der Waals surface area contributed by atoms with E-state index >= 15 is 0 Å². The number of nitrogens with one attached hydrogen (secondary N) is 1. The van der Waals surface area contributed by atoms with Crippen LogP contribution in [-0.4, -0.2) is 30.9 Å². The third kappa shape index (κ3) is 3.28. The van der Waals surface area contributed by atoms with E-state index in [1.165, 1.54) is 4.90 Å². The molecule has 150 valence electrons. The van der Waals surface area contributed by atoms with E-state index in [-0.39, 0.29) is 11.6 Å². The van der Waals surface area contributed by atoms with Crippen molar-refractivity contribution >= 4 is 23.5 Å². The van der Waals surface area contributed by atoms with Crippen LogP contribution in [0.1, 0.15) is 48.0 Å². The van der Waals surface area contributed by atoms with Gasteiger partial charge in [0.2, 0.25) is 0 Å². The molecule has 4 rings (SSSR count). The summed E-state index contributed by atoms with van der Waals surface area (Å²) in [6.07, 6.45) is 4.93. The Morgan fingerprint density at radius 3 is 2.38 bits per heavy atom. The van der Waals surface area contributed by atoms with Gasteiger partial charge in [0.05, 0.1) is 11.3 Å². The molecule has 0 spiro atoms. The number of likely N-dealkylation sites (N-methyl/N-ethyl adjacent to an activating group) is 1. The van der Waals surface area contributed by atoms with Crippen molar-refractivity contribution in [2.75, 3.05) is 11.9 Å². The number of esters is 1. The lowest BCUT2D eigenvalue weighted by Gasteiger charge is -2.30. The number of rotatable bonds is 4. The molecule has 1 heterocycles. The summed E-state index contributed by atoms with van der Waals surface area (Å²) >= 11 is 0. The number of amides is 2. The number of fused-ring (bicyclic) bond motifs is 1. The molecule has 29 heavy (non-hydrogen) atoms. The summed E-state index contributed by atoms with van der Waals surface area (Å²) in [6.45, 7) is 0. The monoisotopic (exact) mass is 392 g/mol. The topological polar surface area (TPSA) is 75.7 Å². The Balaban J connectivity index is 1.74. The van der Waals surface area contributed by atoms with Gasteiger partial charge in [0.15, 0.2) is 0 Å². The number of carbonyl (C=O) groups excluding carboxylic acids is 3. The zero-order valence-electron chi connectivity index (χ0n) is 16.4. The Labute approximate surface area is 169 Å². The molecule has 0 bridgehead atoms. The lowest BCUT2D eigenvalue weighted by molar-refractivity contribution is -0.153. The number of ether oxygens (including phenoxy) is 1. The first kappa shape index (κ1) is 19.2. The average Bonchev–Trinajstić information content (AvgIpc) is 2.98. The highest BCUT2D eigenvalue weighted by molar-refractivity contribution is 6.21. The van der Waals surface area contributed by atoms with E-state index in [0.29, 0.717) is 11.3 Å². The Kier molecular flexibility index (Phi) is 5.09. The molecule has 1 N–H and O–H groups in total. The first-order valence-electron chi connectivity index (χ1n) is 10.0. The molecule has 1 saturated carbocycles. The third-order valence-electron chi connectivity index (χ3n) is 5.77. The predicted molar refractivity (Wildman–Crippen MR) is 108 cm³/mol. The maximum absolute atomic E-state index is 13.5. The van der Waals surface area contributed by atoms with Gasteiger partial charge in [-0.25, -0.2) is 4.79 Å². The first-order valence-corrected chi connectivity index (χ1v) is 10.0. The molecular formula is C23H24N2O4. The molecule has 6 nitrogen and oxygen atoms in total. The van der Waals surface area contributed by atoms with Crippen molar-refractivity contribution in [3.8, 4) is 0 Å². The van der Waals surface area contributed by atoms with Gasteiger partial charge in [-0.05, 0) is 31.0 Å². The van der Waals surface area contributed by atoms with Crippen LogP contribution in [0.3, 0.4) is 0 Å². The van der Waals surface area contributed by atoms with E-state index in [2.05, 4.69) is 5.32 Å². The summed E-state index contributed by atoms with van der Waals surface area (Å²) in [4.78, 5) is 41.1. The molecule has 1 atom stereocenters. The van der Waals surface area contributed by atoms with Crippen LogP contribution in [0.4, 0.5) is 5.69 Å². The van der Waals surface area contributed by atoms with Crippen LogP contribution in [0.25, 0.3) is 0 Å². The smallest absolute Gasteiger partial charge is 0.340 e. The lowest BCUT2D eigenvalue weighted by atomic mass is 9.91. The highest BCUT2D eigenvalue weighted by Crippen LogP contribution is 2.43. The van der Waals surface area contributed by atoms with E-state index in [4.69, 9.17) is 4.74 Å². The highest BCUT2D eigenvalue weighted by atomic mass is 16.6. The van der Waals surface area contributed by atoms with Gasteiger partial charge < -0.3 is 15.0 Å². The summed E-state index contributed by atoms with van der Waals surface area (Å²) in [6, 6.07) is 15.3. The Morgan fingerprint density at radius 2 is 1.66 bits per heavy atom.